The van der Waals surface area contributed by atoms with E-state index in [1.807, 2.05) is 11.9 Å². The molecule has 3 heteroatoms. The number of nitrogens with zero attached hydrogens (tertiary/aromatic N) is 1. The molecule has 0 aromatic carbocycles. The lowest BCUT2D eigenvalue weighted by Crippen LogP contribution is -2.36. The lowest BCUT2D eigenvalue weighted by Gasteiger charge is -2.29. The summed E-state index contributed by atoms with van der Waals surface area (Å²) < 4.78 is 5.85. The molecule has 2 rings (SSSR count). The number of ether oxygens (including phenoxy) is 1. The lowest BCUT2D eigenvalue weighted by molar-refractivity contribution is -0.139. The van der Waals surface area contributed by atoms with E-state index in [0.29, 0.717) is 12.0 Å². The summed E-state index contributed by atoms with van der Waals surface area (Å²) in [6.45, 7) is 3.44. The largest absolute Gasteiger partial charge is 0.368 e. The minimum Gasteiger partial charge on any atom is -0.368 e. The quantitative estimate of drug-likeness (QED) is 0.765. The van der Waals surface area contributed by atoms with Crippen molar-refractivity contribution in [3.8, 4) is 0 Å². The van der Waals surface area contributed by atoms with E-state index < -0.39 is 0 Å². The van der Waals surface area contributed by atoms with Crippen LogP contribution in [0.3, 0.4) is 0 Å². The van der Waals surface area contributed by atoms with E-state index in [-0.39, 0.29) is 12.5 Å². The first-order valence-corrected chi connectivity index (χ1v) is 8.02. The van der Waals surface area contributed by atoms with Crippen molar-refractivity contribution in [3.05, 3.63) is 0 Å². The second kappa shape index (κ2) is 7.28. The van der Waals surface area contributed by atoms with Crippen molar-refractivity contribution in [1.29, 1.82) is 0 Å². The van der Waals surface area contributed by atoms with Gasteiger partial charge < -0.3 is 9.64 Å². The van der Waals surface area contributed by atoms with Gasteiger partial charge in [-0.05, 0) is 37.5 Å². The van der Waals surface area contributed by atoms with E-state index in [2.05, 4.69) is 6.92 Å². The molecule has 19 heavy (non-hydrogen) atoms. The van der Waals surface area contributed by atoms with Gasteiger partial charge in [-0.2, -0.15) is 0 Å². The number of likely N-dealkylation sites (N-methyl/N-ethyl adjacent to an activating group) is 1. The molecule has 0 aromatic rings. The maximum atomic E-state index is 12.1. The van der Waals surface area contributed by atoms with Crippen molar-refractivity contribution in [2.45, 2.75) is 64.4 Å². The topological polar surface area (TPSA) is 29.5 Å². The first-order chi connectivity index (χ1) is 9.16. The average molecular weight is 267 g/mol. The Morgan fingerprint density at radius 2 is 1.74 bits per heavy atom. The Labute approximate surface area is 117 Å². The highest BCUT2D eigenvalue weighted by Gasteiger charge is 2.24. The van der Waals surface area contributed by atoms with Crippen LogP contribution in [-0.4, -0.2) is 37.1 Å². The summed E-state index contributed by atoms with van der Waals surface area (Å²) in [6, 6.07) is 0. The molecule has 0 aliphatic heterocycles. The monoisotopic (exact) mass is 267 g/mol. The Kier molecular flexibility index (Phi) is 5.68. The van der Waals surface area contributed by atoms with Crippen LogP contribution < -0.4 is 0 Å². The summed E-state index contributed by atoms with van der Waals surface area (Å²) in [7, 11) is 1.92. The van der Waals surface area contributed by atoms with Crippen LogP contribution in [0.5, 0.6) is 0 Å². The molecule has 0 spiro atoms. The van der Waals surface area contributed by atoms with Gasteiger partial charge in [0.25, 0.3) is 0 Å². The van der Waals surface area contributed by atoms with Gasteiger partial charge in [-0.15, -0.1) is 0 Å². The fourth-order valence-corrected chi connectivity index (χ4v) is 3.50. The third-order valence-electron chi connectivity index (χ3n) is 4.89. The number of hydrogen-bond acceptors (Lipinski definition) is 2. The fraction of sp³-hybridized carbons (Fsp3) is 0.938. The van der Waals surface area contributed by atoms with Crippen LogP contribution in [0.25, 0.3) is 0 Å². The molecule has 2 aliphatic rings. The van der Waals surface area contributed by atoms with Crippen LogP contribution in [0.1, 0.15) is 58.3 Å². The normalized spacial score (nSPS) is 28.5. The van der Waals surface area contributed by atoms with Gasteiger partial charge in [-0.1, -0.05) is 32.6 Å². The van der Waals surface area contributed by atoms with Crippen molar-refractivity contribution < 1.29 is 9.53 Å². The molecule has 1 amide bonds. The maximum Gasteiger partial charge on any atom is 0.248 e. The predicted octanol–water partition coefficient (Wildman–Crippen LogP) is 3.23. The van der Waals surface area contributed by atoms with Crippen molar-refractivity contribution in [3.63, 3.8) is 0 Å². The molecule has 0 saturated heterocycles. The third-order valence-corrected chi connectivity index (χ3v) is 4.89. The molecule has 2 fully saturated rings. The molecule has 0 N–H and O–H groups in total. The second-order valence-electron chi connectivity index (χ2n) is 6.54. The fourth-order valence-electron chi connectivity index (χ4n) is 3.50. The number of rotatable bonds is 5. The van der Waals surface area contributed by atoms with Gasteiger partial charge in [-0.25, -0.2) is 0 Å². The first-order valence-electron chi connectivity index (χ1n) is 8.02. The zero-order valence-electron chi connectivity index (χ0n) is 12.6. The van der Waals surface area contributed by atoms with E-state index in [4.69, 9.17) is 4.74 Å². The Balaban J connectivity index is 1.67. The van der Waals surface area contributed by atoms with E-state index in [0.717, 1.165) is 18.9 Å². The lowest BCUT2D eigenvalue weighted by atomic mass is 9.88. The van der Waals surface area contributed by atoms with Gasteiger partial charge in [0.2, 0.25) is 5.91 Å². The van der Waals surface area contributed by atoms with E-state index in [9.17, 15) is 4.79 Å². The van der Waals surface area contributed by atoms with E-state index in [1.54, 1.807) is 0 Å². The first kappa shape index (κ1) is 14.8. The highest BCUT2D eigenvalue weighted by Crippen LogP contribution is 2.27. The molecule has 0 aromatic heterocycles. The van der Waals surface area contributed by atoms with E-state index in [1.165, 1.54) is 44.9 Å². The predicted molar refractivity (Wildman–Crippen MR) is 77.0 cm³/mol. The Hall–Kier alpha value is -0.570. The van der Waals surface area contributed by atoms with Gasteiger partial charge in [0.05, 0.1) is 6.10 Å². The van der Waals surface area contributed by atoms with Crippen LogP contribution in [0.15, 0.2) is 0 Å². The molecule has 2 atom stereocenters. The molecular weight excluding hydrogens is 238 g/mol. The molecule has 2 saturated carbocycles. The number of carbonyl (C=O) groups is 1. The van der Waals surface area contributed by atoms with E-state index >= 15 is 0 Å². The highest BCUT2D eigenvalue weighted by atomic mass is 16.5. The summed E-state index contributed by atoms with van der Waals surface area (Å²) in [5.41, 5.74) is 0. The number of hydrogen-bond donors (Lipinski definition) is 0. The van der Waals surface area contributed by atoms with Crippen LogP contribution >= 0.6 is 0 Å². The van der Waals surface area contributed by atoms with Gasteiger partial charge >= 0.3 is 0 Å². The van der Waals surface area contributed by atoms with Gasteiger partial charge in [-0.3, -0.25) is 4.79 Å². The maximum absolute atomic E-state index is 12.1. The van der Waals surface area contributed by atoms with Crippen molar-refractivity contribution in [2.75, 3.05) is 20.2 Å². The summed E-state index contributed by atoms with van der Waals surface area (Å²) in [6.07, 6.45) is 10.5. The summed E-state index contributed by atoms with van der Waals surface area (Å²) in [5, 5.41) is 0. The van der Waals surface area contributed by atoms with Gasteiger partial charge in [0, 0.05) is 13.6 Å². The van der Waals surface area contributed by atoms with Crippen LogP contribution in [0.2, 0.25) is 0 Å². The average Bonchev–Trinajstić information content (AvgIpc) is 2.90. The third kappa shape index (κ3) is 4.48. The minimum absolute atomic E-state index is 0.157. The highest BCUT2D eigenvalue weighted by molar-refractivity contribution is 5.77. The molecule has 0 unspecified atom stereocenters. The molecule has 0 heterocycles. The molecular formula is C16H29NO2. The molecule has 2 aliphatic carbocycles. The number of carbonyl (C=O) groups excluding carboxylic acids is 1. The van der Waals surface area contributed by atoms with Crippen molar-refractivity contribution in [2.24, 2.45) is 11.8 Å². The Morgan fingerprint density at radius 3 is 2.42 bits per heavy atom. The summed E-state index contributed by atoms with van der Waals surface area (Å²) in [5.74, 6) is 1.49. The van der Waals surface area contributed by atoms with Crippen LogP contribution in [0, 0.1) is 11.8 Å². The van der Waals surface area contributed by atoms with Crippen LogP contribution in [-0.2, 0) is 9.53 Å². The van der Waals surface area contributed by atoms with Crippen molar-refractivity contribution >= 4 is 5.91 Å². The summed E-state index contributed by atoms with van der Waals surface area (Å²) in [4.78, 5) is 14.0. The Bertz CT molecular complexity index is 286. The van der Waals surface area contributed by atoms with Crippen LogP contribution in [0.4, 0.5) is 0 Å². The standard InChI is InChI=1S/C16H29NO2/c1-13-7-3-6-10-15(13)19-12-16(18)17(2)11-14-8-4-5-9-14/h13-15H,3-12H2,1-2H3/t13-,15-/m0/s1. The molecule has 0 bridgehead atoms. The SMILES string of the molecule is C[C@H]1CCCC[C@@H]1OCC(=O)N(C)CC1CCCC1. The molecule has 110 valence electrons. The second-order valence-corrected chi connectivity index (χ2v) is 6.54. The Morgan fingerprint density at radius 1 is 1.11 bits per heavy atom. The van der Waals surface area contributed by atoms with Gasteiger partial charge in [0.1, 0.15) is 6.61 Å². The zero-order valence-corrected chi connectivity index (χ0v) is 12.6. The van der Waals surface area contributed by atoms with Crippen molar-refractivity contribution in [1.82, 2.24) is 4.90 Å². The summed E-state index contributed by atoms with van der Waals surface area (Å²) >= 11 is 0. The van der Waals surface area contributed by atoms with Gasteiger partial charge in [0.15, 0.2) is 0 Å². The smallest absolute Gasteiger partial charge is 0.248 e. The molecule has 3 nitrogen and oxygen atoms in total. The zero-order chi connectivity index (χ0) is 13.7. The minimum atomic E-state index is 0.157. The number of amides is 1. The molecule has 0 radical (unpaired) electrons.